The highest BCUT2D eigenvalue weighted by atomic mass is 16.4. The van der Waals surface area contributed by atoms with Crippen LogP contribution in [0.5, 0.6) is 0 Å². The van der Waals surface area contributed by atoms with Crippen molar-refractivity contribution in [3.63, 3.8) is 0 Å². The van der Waals surface area contributed by atoms with E-state index < -0.39 is 12.0 Å². The zero-order valence-corrected chi connectivity index (χ0v) is 8.77. The van der Waals surface area contributed by atoms with Crippen molar-refractivity contribution in [2.75, 3.05) is 13.2 Å². The van der Waals surface area contributed by atoms with Gasteiger partial charge in [0.05, 0.1) is 0 Å². The minimum atomic E-state index is -1.15. The highest BCUT2D eigenvalue weighted by Crippen LogP contribution is 2.01. The predicted octanol–water partition coefficient (Wildman–Crippen LogP) is -1.08. The molecule has 1 unspecified atom stereocenters. The summed E-state index contributed by atoms with van der Waals surface area (Å²) in [4.78, 5) is 22.1. The van der Waals surface area contributed by atoms with E-state index in [1.54, 1.807) is 6.92 Å². The van der Waals surface area contributed by atoms with Gasteiger partial charge in [-0.1, -0.05) is 6.92 Å². The Bertz CT molecular complexity index is 216. The van der Waals surface area contributed by atoms with Gasteiger partial charge in [-0.15, -0.1) is 0 Å². The molecule has 0 radical (unpaired) electrons. The quantitative estimate of drug-likeness (QED) is 0.434. The Kier molecular flexibility index (Phi) is 6.64. The van der Waals surface area contributed by atoms with Crippen molar-refractivity contribution in [2.24, 2.45) is 11.7 Å². The third-order valence-corrected chi connectivity index (χ3v) is 2.18. The summed E-state index contributed by atoms with van der Waals surface area (Å²) < 4.78 is 0. The van der Waals surface area contributed by atoms with Crippen molar-refractivity contribution in [2.45, 2.75) is 25.8 Å². The number of carboxylic acid groups (broad SMARTS) is 1. The number of aliphatic hydroxyl groups excluding tert-OH is 1. The molecule has 1 amide bonds. The molecule has 6 nitrogen and oxygen atoms in total. The maximum absolute atomic E-state index is 11.5. The summed E-state index contributed by atoms with van der Waals surface area (Å²) in [6, 6.07) is -1.04. The smallest absolute Gasteiger partial charge is 0.326 e. The van der Waals surface area contributed by atoms with Gasteiger partial charge in [0.25, 0.3) is 0 Å². The molecule has 0 saturated carbocycles. The van der Waals surface area contributed by atoms with E-state index >= 15 is 0 Å². The Morgan fingerprint density at radius 2 is 2.07 bits per heavy atom. The summed E-state index contributed by atoms with van der Waals surface area (Å²) in [7, 11) is 0. The molecule has 5 N–H and O–H groups in total. The maximum atomic E-state index is 11.5. The molecule has 0 fully saturated rings. The summed E-state index contributed by atoms with van der Waals surface area (Å²) in [5.74, 6) is -1.89. The maximum Gasteiger partial charge on any atom is 0.326 e. The first kappa shape index (κ1) is 13.9. The van der Waals surface area contributed by atoms with Gasteiger partial charge in [-0.25, -0.2) is 4.79 Å². The fourth-order valence-electron chi connectivity index (χ4n) is 1.14. The minimum Gasteiger partial charge on any atom is -0.480 e. The van der Waals surface area contributed by atoms with E-state index in [1.807, 2.05) is 0 Å². The second-order valence-electron chi connectivity index (χ2n) is 3.25. The van der Waals surface area contributed by atoms with E-state index in [2.05, 4.69) is 5.32 Å². The SMILES string of the molecule is CCC(CN)C(=O)N[C@@H](CCO)C(=O)O. The summed E-state index contributed by atoms with van der Waals surface area (Å²) in [5.41, 5.74) is 5.35. The van der Waals surface area contributed by atoms with Crippen molar-refractivity contribution in [1.82, 2.24) is 5.32 Å². The molecule has 0 aliphatic heterocycles. The van der Waals surface area contributed by atoms with Crippen molar-refractivity contribution in [3.05, 3.63) is 0 Å². The molecule has 15 heavy (non-hydrogen) atoms. The van der Waals surface area contributed by atoms with Crippen molar-refractivity contribution >= 4 is 11.9 Å². The highest BCUT2D eigenvalue weighted by molar-refractivity contribution is 5.85. The normalized spacial score (nSPS) is 14.3. The lowest BCUT2D eigenvalue weighted by molar-refractivity contribution is -0.142. The molecule has 0 saturated heterocycles. The lowest BCUT2D eigenvalue weighted by Crippen LogP contribution is -2.45. The predicted molar refractivity (Wildman–Crippen MR) is 54.1 cm³/mol. The second kappa shape index (κ2) is 7.19. The van der Waals surface area contributed by atoms with Gasteiger partial charge in [0, 0.05) is 25.5 Å². The molecule has 0 spiro atoms. The monoisotopic (exact) mass is 218 g/mol. The first-order valence-corrected chi connectivity index (χ1v) is 4.90. The molecule has 0 aromatic heterocycles. The summed E-state index contributed by atoms with van der Waals surface area (Å²) in [6.45, 7) is 1.71. The number of aliphatic carboxylic acids is 1. The molecular formula is C9H18N2O4. The fraction of sp³-hybridized carbons (Fsp3) is 0.778. The number of carbonyl (C=O) groups is 2. The average Bonchev–Trinajstić information content (AvgIpc) is 2.18. The van der Waals surface area contributed by atoms with E-state index in [4.69, 9.17) is 15.9 Å². The Morgan fingerprint density at radius 1 is 1.47 bits per heavy atom. The average molecular weight is 218 g/mol. The van der Waals surface area contributed by atoms with Crippen LogP contribution in [-0.2, 0) is 9.59 Å². The summed E-state index contributed by atoms with van der Waals surface area (Å²) >= 11 is 0. The first-order valence-electron chi connectivity index (χ1n) is 4.90. The largest absolute Gasteiger partial charge is 0.480 e. The molecular weight excluding hydrogens is 200 g/mol. The van der Waals surface area contributed by atoms with Crippen molar-refractivity contribution in [1.29, 1.82) is 0 Å². The number of carboxylic acids is 1. The molecule has 0 rings (SSSR count). The topological polar surface area (TPSA) is 113 Å². The van der Waals surface area contributed by atoms with Crippen LogP contribution in [0.3, 0.4) is 0 Å². The van der Waals surface area contributed by atoms with Gasteiger partial charge < -0.3 is 21.3 Å². The lowest BCUT2D eigenvalue weighted by Gasteiger charge is -2.17. The summed E-state index contributed by atoms with van der Waals surface area (Å²) in [6.07, 6.45) is 0.565. The van der Waals surface area contributed by atoms with E-state index in [9.17, 15) is 9.59 Å². The Balaban J connectivity index is 4.27. The molecule has 88 valence electrons. The van der Waals surface area contributed by atoms with E-state index in [-0.39, 0.29) is 31.4 Å². The Hall–Kier alpha value is -1.14. The zero-order chi connectivity index (χ0) is 11.8. The van der Waals surface area contributed by atoms with Gasteiger partial charge in [0.2, 0.25) is 5.91 Å². The third kappa shape index (κ3) is 4.75. The number of hydrogen-bond acceptors (Lipinski definition) is 4. The molecule has 0 aliphatic carbocycles. The zero-order valence-electron chi connectivity index (χ0n) is 8.77. The van der Waals surface area contributed by atoms with Gasteiger partial charge in [0.15, 0.2) is 0 Å². The third-order valence-electron chi connectivity index (χ3n) is 2.18. The van der Waals surface area contributed by atoms with Crippen LogP contribution in [-0.4, -0.2) is 41.3 Å². The van der Waals surface area contributed by atoms with Gasteiger partial charge in [-0.2, -0.15) is 0 Å². The molecule has 2 atom stereocenters. The number of carbonyl (C=O) groups excluding carboxylic acids is 1. The Morgan fingerprint density at radius 3 is 2.40 bits per heavy atom. The molecule has 0 aliphatic rings. The van der Waals surface area contributed by atoms with Crippen molar-refractivity contribution < 1.29 is 19.8 Å². The van der Waals surface area contributed by atoms with Crippen molar-refractivity contribution in [3.8, 4) is 0 Å². The van der Waals surface area contributed by atoms with Crippen LogP contribution >= 0.6 is 0 Å². The van der Waals surface area contributed by atoms with Crippen LogP contribution in [0.15, 0.2) is 0 Å². The number of amides is 1. The van der Waals surface area contributed by atoms with Gasteiger partial charge in [-0.05, 0) is 6.42 Å². The van der Waals surface area contributed by atoms with Gasteiger partial charge in [-0.3, -0.25) is 4.79 Å². The molecule has 0 aromatic carbocycles. The van der Waals surface area contributed by atoms with Crippen LogP contribution in [0, 0.1) is 5.92 Å². The molecule has 6 heteroatoms. The number of nitrogens with one attached hydrogen (secondary N) is 1. The minimum absolute atomic E-state index is 0.00206. The van der Waals surface area contributed by atoms with Crippen LogP contribution < -0.4 is 11.1 Å². The lowest BCUT2D eigenvalue weighted by atomic mass is 10.1. The Labute approximate surface area is 88.5 Å². The number of rotatable bonds is 7. The number of aliphatic hydroxyl groups is 1. The molecule has 0 aromatic rings. The molecule has 0 bridgehead atoms. The molecule has 0 heterocycles. The van der Waals surface area contributed by atoms with Crippen LogP contribution in [0.4, 0.5) is 0 Å². The van der Waals surface area contributed by atoms with E-state index in [0.717, 1.165) is 0 Å². The highest BCUT2D eigenvalue weighted by Gasteiger charge is 2.22. The van der Waals surface area contributed by atoms with Gasteiger partial charge in [0.1, 0.15) is 6.04 Å². The standard InChI is InChI=1S/C9H18N2O4/c1-2-6(5-10)8(13)11-7(3-4-12)9(14)15/h6-7,12H,2-5,10H2,1H3,(H,11,13)(H,14,15)/t6?,7-/m0/s1. The van der Waals surface area contributed by atoms with Crippen LogP contribution in [0.2, 0.25) is 0 Å². The van der Waals surface area contributed by atoms with Gasteiger partial charge >= 0.3 is 5.97 Å². The van der Waals surface area contributed by atoms with E-state index in [0.29, 0.717) is 6.42 Å². The number of nitrogens with two attached hydrogens (primary N) is 1. The first-order chi connectivity index (χ1) is 7.06. The fourth-order valence-corrected chi connectivity index (χ4v) is 1.14. The van der Waals surface area contributed by atoms with Crippen LogP contribution in [0.1, 0.15) is 19.8 Å². The second-order valence-corrected chi connectivity index (χ2v) is 3.25. The van der Waals surface area contributed by atoms with E-state index in [1.165, 1.54) is 0 Å². The van der Waals surface area contributed by atoms with Crippen LogP contribution in [0.25, 0.3) is 0 Å². The number of hydrogen-bond donors (Lipinski definition) is 4. The summed E-state index contributed by atoms with van der Waals surface area (Å²) in [5, 5.41) is 19.7.